The molecule has 4 nitrogen and oxygen atoms in total. The van der Waals surface area contributed by atoms with E-state index in [1.807, 2.05) is 6.92 Å². The molecule has 0 heterocycles. The number of allylic oxidation sites excluding steroid dienone is 1. The number of Topliss-reactive ketones (excluding diaryl/α,β-unsaturated/α-hetero) is 2. The Labute approximate surface area is 168 Å². The lowest BCUT2D eigenvalue weighted by Crippen LogP contribution is -2.00. The average molecular weight is 433 g/mol. The molecule has 0 radical (unpaired) electrons. The third-order valence-corrected chi connectivity index (χ3v) is 4.40. The van der Waals surface area contributed by atoms with Gasteiger partial charge in [0, 0.05) is 11.1 Å². The van der Waals surface area contributed by atoms with Gasteiger partial charge in [-0.3, -0.25) is 9.59 Å². The van der Waals surface area contributed by atoms with E-state index in [4.69, 9.17) is 0 Å². The van der Waals surface area contributed by atoms with Gasteiger partial charge in [-0.15, -0.1) is 6.58 Å². The second kappa shape index (κ2) is 11.3. The van der Waals surface area contributed by atoms with Crippen LogP contribution in [0.3, 0.4) is 0 Å². The van der Waals surface area contributed by atoms with Crippen LogP contribution in [0.1, 0.15) is 52.1 Å². The summed E-state index contributed by atoms with van der Waals surface area (Å²) in [4.78, 5) is 22.4. The van der Waals surface area contributed by atoms with Gasteiger partial charge in [-0.1, -0.05) is 35.4 Å². The molecule has 27 heavy (non-hydrogen) atoms. The predicted octanol–water partition coefficient (Wildman–Crippen LogP) is 5.25. The number of hydrogen-bond acceptors (Lipinski definition) is 4. The van der Waals surface area contributed by atoms with Crippen molar-refractivity contribution >= 4 is 27.5 Å². The van der Waals surface area contributed by atoms with Crippen LogP contribution in [0.25, 0.3) is 0 Å². The first-order valence-electron chi connectivity index (χ1n) is 8.68. The van der Waals surface area contributed by atoms with Crippen molar-refractivity contribution in [1.82, 2.24) is 0 Å². The molecule has 0 amide bonds. The van der Waals surface area contributed by atoms with Gasteiger partial charge in [0.15, 0.2) is 11.6 Å². The Hall–Kier alpha value is -2.40. The molecule has 2 aromatic carbocycles. The van der Waals surface area contributed by atoms with Gasteiger partial charge < -0.3 is 10.2 Å². The van der Waals surface area contributed by atoms with Crippen LogP contribution in [0.15, 0.2) is 49.1 Å². The molecule has 0 saturated heterocycles. The summed E-state index contributed by atoms with van der Waals surface area (Å²) in [7, 11) is 0. The summed E-state index contributed by atoms with van der Waals surface area (Å²) in [5.74, 6) is 0.538. The van der Waals surface area contributed by atoms with E-state index in [-0.39, 0.29) is 23.1 Å². The summed E-state index contributed by atoms with van der Waals surface area (Å²) in [6, 6.07) is 9.85. The number of benzene rings is 2. The number of rotatable bonds is 7. The molecule has 144 valence electrons. The summed E-state index contributed by atoms with van der Waals surface area (Å²) >= 11 is 3.12. The fraction of sp³-hybridized carbons (Fsp3) is 0.273. The summed E-state index contributed by atoms with van der Waals surface area (Å²) < 4.78 is 0. The summed E-state index contributed by atoms with van der Waals surface area (Å²) in [6.45, 7) is 7.12. The molecule has 0 spiro atoms. The normalized spacial score (nSPS) is 9.89. The number of ketones is 2. The van der Waals surface area contributed by atoms with Crippen molar-refractivity contribution in [2.45, 2.75) is 33.1 Å². The standard InChI is InChI=1S/C11H13BrO2.C11H12O2/c1-2-3-8-6-9(11(14)7-12)4-5-10(8)13;1-3-4-10-7-9(8(2)12)5-6-11(10)13/h4-6,13H,2-3,7H2,1H3;3,5-7,13H,1,4H2,2H3. The van der Waals surface area contributed by atoms with Gasteiger partial charge in [0.2, 0.25) is 0 Å². The number of halogens is 1. The van der Waals surface area contributed by atoms with Crippen LogP contribution in [-0.4, -0.2) is 27.1 Å². The number of aromatic hydroxyl groups is 2. The summed E-state index contributed by atoms with van der Waals surface area (Å²) in [5.41, 5.74) is 2.86. The fourth-order valence-corrected chi connectivity index (χ4v) is 2.75. The lowest BCUT2D eigenvalue weighted by Gasteiger charge is -2.04. The zero-order valence-corrected chi connectivity index (χ0v) is 17.3. The molecule has 2 rings (SSSR count). The molecule has 0 bridgehead atoms. The first kappa shape index (κ1) is 22.6. The smallest absolute Gasteiger partial charge is 0.173 e. The van der Waals surface area contributed by atoms with E-state index in [0.29, 0.717) is 22.9 Å². The fourth-order valence-electron chi connectivity index (χ4n) is 2.43. The zero-order valence-electron chi connectivity index (χ0n) is 15.7. The van der Waals surface area contributed by atoms with E-state index in [2.05, 4.69) is 22.5 Å². The van der Waals surface area contributed by atoms with Gasteiger partial charge in [0.05, 0.1) is 5.33 Å². The Morgan fingerprint density at radius 1 is 1.04 bits per heavy atom. The van der Waals surface area contributed by atoms with E-state index in [9.17, 15) is 19.8 Å². The van der Waals surface area contributed by atoms with Crippen molar-refractivity contribution in [2.75, 3.05) is 5.33 Å². The first-order chi connectivity index (χ1) is 12.8. The molecule has 0 fully saturated rings. The van der Waals surface area contributed by atoms with Gasteiger partial charge in [0.1, 0.15) is 11.5 Å². The second-order valence-electron chi connectivity index (χ2n) is 6.04. The van der Waals surface area contributed by atoms with Gasteiger partial charge in [-0.2, -0.15) is 0 Å². The Balaban J connectivity index is 0.000000271. The minimum Gasteiger partial charge on any atom is -0.508 e. The monoisotopic (exact) mass is 432 g/mol. The summed E-state index contributed by atoms with van der Waals surface area (Å²) in [5, 5.41) is 19.2. The number of phenolic OH excluding ortho intramolecular Hbond substituents is 2. The van der Waals surface area contributed by atoms with Crippen LogP contribution in [0.2, 0.25) is 0 Å². The van der Waals surface area contributed by atoms with Crippen LogP contribution in [0.5, 0.6) is 11.5 Å². The number of alkyl halides is 1. The largest absolute Gasteiger partial charge is 0.508 e. The molecule has 0 saturated carbocycles. The molecule has 0 aliphatic carbocycles. The van der Waals surface area contributed by atoms with Gasteiger partial charge in [-0.25, -0.2) is 0 Å². The molecule has 2 N–H and O–H groups in total. The quantitative estimate of drug-likeness (QED) is 0.356. The van der Waals surface area contributed by atoms with E-state index in [0.717, 1.165) is 24.0 Å². The van der Waals surface area contributed by atoms with E-state index >= 15 is 0 Å². The lowest BCUT2D eigenvalue weighted by atomic mass is 10.0. The van der Waals surface area contributed by atoms with Crippen LogP contribution in [0.4, 0.5) is 0 Å². The Morgan fingerprint density at radius 3 is 2.11 bits per heavy atom. The molecule has 0 atom stereocenters. The van der Waals surface area contributed by atoms with Crippen molar-refractivity contribution in [2.24, 2.45) is 0 Å². The van der Waals surface area contributed by atoms with E-state index < -0.39 is 0 Å². The van der Waals surface area contributed by atoms with Crippen LogP contribution in [0, 0.1) is 0 Å². The van der Waals surface area contributed by atoms with E-state index in [1.165, 1.54) is 13.0 Å². The maximum absolute atomic E-state index is 11.4. The highest BCUT2D eigenvalue weighted by molar-refractivity contribution is 9.09. The molecule has 0 unspecified atom stereocenters. The Bertz CT molecular complexity index is 812. The molecule has 0 aliphatic rings. The number of carbonyl (C=O) groups excluding carboxylic acids is 2. The Kier molecular flexibility index (Phi) is 9.51. The number of aryl methyl sites for hydroxylation is 1. The van der Waals surface area contributed by atoms with Crippen molar-refractivity contribution in [3.8, 4) is 11.5 Å². The zero-order chi connectivity index (χ0) is 20.4. The molecule has 0 aromatic heterocycles. The highest BCUT2D eigenvalue weighted by Crippen LogP contribution is 2.21. The second-order valence-corrected chi connectivity index (χ2v) is 6.60. The van der Waals surface area contributed by atoms with Gasteiger partial charge in [0.25, 0.3) is 0 Å². The molecule has 2 aromatic rings. The van der Waals surface area contributed by atoms with Gasteiger partial charge in [-0.05, 0) is 67.3 Å². The third-order valence-electron chi connectivity index (χ3n) is 3.89. The van der Waals surface area contributed by atoms with Crippen LogP contribution in [-0.2, 0) is 12.8 Å². The van der Waals surface area contributed by atoms with Gasteiger partial charge >= 0.3 is 0 Å². The maximum Gasteiger partial charge on any atom is 0.173 e. The predicted molar refractivity (Wildman–Crippen MR) is 112 cm³/mol. The molecule has 5 heteroatoms. The summed E-state index contributed by atoms with van der Waals surface area (Å²) in [6.07, 6.45) is 4.03. The Morgan fingerprint density at radius 2 is 1.59 bits per heavy atom. The van der Waals surface area contributed by atoms with Crippen molar-refractivity contribution in [3.05, 3.63) is 71.3 Å². The average Bonchev–Trinajstić information content (AvgIpc) is 2.65. The number of phenols is 2. The molecule has 0 aliphatic heterocycles. The number of hydrogen-bond donors (Lipinski definition) is 2. The minimum atomic E-state index is 0.00492. The first-order valence-corrected chi connectivity index (χ1v) is 9.80. The van der Waals surface area contributed by atoms with E-state index in [1.54, 1.807) is 36.4 Å². The topological polar surface area (TPSA) is 74.6 Å². The molecular formula is C22H25BrO4. The highest BCUT2D eigenvalue weighted by atomic mass is 79.9. The minimum absolute atomic E-state index is 0.00492. The third kappa shape index (κ3) is 7.02. The van der Waals surface area contributed by atoms with Crippen LogP contribution < -0.4 is 0 Å². The maximum atomic E-state index is 11.4. The SMILES string of the molecule is C=CCc1cc(C(C)=O)ccc1O.CCCc1cc(C(=O)CBr)ccc1O. The number of carbonyl (C=O) groups is 2. The molecular weight excluding hydrogens is 408 g/mol. The van der Waals surface area contributed by atoms with Crippen LogP contribution >= 0.6 is 15.9 Å². The van der Waals surface area contributed by atoms with Crippen molar-refractivity contribution < 1.29 is 19.8 Å². The van der Waals surface area contributed by atoms with Crippen molar-refractivity contribution in [1.29, 1.82) is 0 Å². The lowest BCUT2D eigenvalue weighted by molar-refractivity contribution is 0.101. The van der Waals surface area contributed by atoms with Crippen molar-refractivity contribution in [3.63, 3.8) is 0 Å². The highest BCUT2D eigenvalue weighted by Gasteiger charge is 2.07.